The third-order valence-electron chi connectivity index (χ3n) is 4.30. The van der Waals surface area contributed by atoms with E-state index in [1.165, 1.54) is 22.1 Å². The molecule has 2 heterocycles. The molecule has 0 amide bonds. The molecule has 2 aromatic heterocycles. The summed E-state index contributed by atoms with van der Waals surface area (Å²) >= 11 is 0. The van der Waals surface area contributed by atoms with Gasteiger partial charge in [-0.05, 0) is 23.8 Å². The number of methoxy groups -OCH3 is 1. The van der Waals surface area contributed by atoms with Gasteiger partial charge in [-0.15, -0.1) is 0 Å². The van der Waals surface area contributed by atoms with Crippen molar-refractivity contribution in [3.05, 3.63) is 84.8 Å². The molecule has 4 rings (SSSR count). The predicted molar refractivity (Wildman–Crippen MR) is 96.0 cm³/mol. The number of benzene rings is 2. The van der Waals surface area contributed by atoms with Gasteiger partial charge in [-0.3, -0.25) is 0 Å². The van der Waals surface area contributed by atoms with E-state index in [2.05, 4.69) is 76.7 Å². The molecule has 0 aliphatic carbocycles. The van der Waals surface area contributed by atoms with Gasteiger partial charge in [0.25, 0.3) is 0 Å². The van der Waals surface area contributed by atoms with Gasteiger partial charge in [0.1, 0.15) is 5.75 Å². The van der Waals surface area contributed by atoms with E-state index in [0.29, 0.717) is 0 Å². The second-order valence-electron chi connectivity index (χ2n) is 5.86. The topological polar surface area (TPSA) is 28.9 Å². The monoisotopic (exact) mass is 394 g/mol. The molecule has 4 heteroatoms. The van der Waals surface area contributed by atoms with Crippen LogP contribution in [0.15, 0.2) is 79.3 Å². The quantitative estimate of drug-likeness (QED) is 0.517. The number of fused-ring (bicyclic) bond motifs is 1. The van der Waals surface area contributed by atoms with Gasteiger partial charge in [-0.2, -0.15) is 0 Å². The van der Waals surface area contributed by atoms with Crippen molar-refractivity contribution in [1.29, 1.82) is 0 Å². The summed E-state index contributed by atoms with van der Waals surface area (Å²) in [5, 5.41) is 1.18. The van der Waals surface area contributed by atoms with Crippen molar-refractivity contribution in [1.82, 2.24) is 4.98 Å². The highest BCUT2D eigenvalue weighted by Crippen LogP contribution is 2.30. The van der Waals surface area contributed by atoms with E-state index < -0.39 is 0 Å². The highest BCUT2D eigenvalue weighted by atomic mass is 79.9. The Morgan fingerprint density at radius 2 is 1.72 bits per heavy atom. The van der Waals surface area contributed by atoms with Gasteiger partial charge in [0, 0.05) is 40.4 Å². The standard InChI is InChI=1S/C21H18N2O.BrH/c1-24-18-7-8-21-19(13-18)20(14-22-21)17-9-11-23(12-10-17)15-16-5-3-2-4-6-16;/h2-14H,15H2,1H3;1H. The van der Waals surface area contributed by atoms with Crippen molar-refractivity contribution >= 4 is 10.9 Å². The van der Waals surface area contributed by atoms with Crippen LogP contribution in [0.2, 0.25) is 0 Å². The average molecular weight is 395 g/mol. The third kappa shape index (κ3) is 3.59. The van der Waals surface area contributed by atoms with Gasteiger partial charge in [0.05, 0.1) is 7.11 Å². The van der Waals surface area contributed by atoms with Crippen molar-refractivity contribution in [3.8, 4) is 16.9 Å². The number of hydrogen-bond donors (Lipinski definition) is 1. The Labute approximate surface area is 157 Å². The minimum absolute atomic E-state index is 0. The lowest BCUT2D eigenvalue weighted by Crippen LogP contribution is -3.00. The molecule has 126 valence electrons. The first-order chi connectivity index (χ1) is 11.8. The molecule has 0 atom stereocenters. The van der Waals surface area contributed by atoms with Crippen LogP contribution in [-0.4, -0.2) is 12.1 Å². The van der Waals surface area contributed by atoms with Crippen LogP contribution in [0, 0.1) is 0 Å². The van der Waals surface area contributed by atoms with E-state index in [-0.39, 0.29) is 17.0 Å². The van der Waals surface area contributed by atoms with Gasteiger partial charge in [-0.25, -0.2) is 4.57 Å². The Kier molecular flexibility index (Phi) is 5.19. The summed E-state index contributed by atoms with van der Waals surface area (Å²) in [6.45, 7) is 0.878. The summed E-state index contributed by atoms with van der Waals surface area (Å²) in [6, 6.07) is 20.9. The predicted octanol–water partition coefficient (Wildman–Crippen LogP) is 1.18. The molecule has 0 saturated carbocycles. The van der Waals surface area contributed by atoms with Gasteiger partial charge in [0.2, 0.25) is 0 Å². The van der Waals surface area contributed by atoms with Crippen LogP contribution < -0.4 is 26.3 Å². The van der Waals surface area contributed by atoms with E-state index in [1.807, 2.05) is 12.1 Å². The van der Waals surface area contributed by atoms with E-state index in [0.717, 1.165) is 17.8 Å². The molecule has 3 nitrogen and oxygen atoms in total. The molecule has 1 N–H and O–H groups in total. The van der Waals surface area contributed by atoms with Crippen LogP contribution in [-0.2, 0) is 6.54 Å². The van der Waals surface area contributed by atoms with E-state index in [4.69, 9.17) is 4.74 Å². The molecule has 4 aromatic rings. The van der Waals surface area contributed by atoms with Gasteiger partial charge < -0.3 is 26.7 Å². The maximum absolute atomic E-state index is 5.35. The van der Waals surface area contributed by atoms with Gasteiger partial charge >= 0.3 is 0 Å². The molecule has 0 radical (unpaired) electrons. The zero-order valence-corrected chi connectivity index (χ0v) is 15.5. The van der Waals surface area contributed by atoms with Crippen molar-refractivity contribution in [2.45, 2.75) is 6.54 Å². The Balaban J connectivity index is 0.00000182. The molecule has 0 saturated heterocycles. The smallest absolute Gasteiger partial charge is 0.173 e. The lowest BCUT2D eigenvalue weighted by Gasteiger charge is -2.02. The minimum Gasteiger partial charge on any atom is -1.00 e. The van der Waals surface area contributed by atoms with E-state index >= 15 is 0 Å². The number of rotatable bonds is 4. The summed E-state index contributed by atoms with van der Waals surface area (Å²) in [7, 11) is 1.70. The summed E-state index contributed by atoms with van der Waals surface area (Å²) in [5.41, 5.74) is 4.80. The summed E-state index contributed by atoms with van der Waals surface area (Å²) in [4.78, 5) is 3.33. The number of H-pyrrole nitrogens is 1. The third-order valence-corrected chi connectivity index (χ3v) is 4.30. The first-order valence-electron chi connectivity index (χ1n) is 8.02. The van der Waals surface area contributed by atoms with Crippen molar-refractivity contribution < 1.29 is 26.3 Å². The lowest BCUT2D eigenvalue weighted by atomic mass is 10.1. The highest BCUT2D eigenvalue weighted by Gasteiger charge is 2.09. The fraction of sp³-hybridized carbons (Fsp3) is 0.0952. The Morgan fingerprint density at radius 1 is 0.960 bits per heavy atom. The van der Waals surface area contributed by atoms with Crippen LogP contribution in [0.1, 0.15) is 5.56 Å². The molecule has 2 aromatic carbocycles. The van der Waals surface area contributed by atoms with Crippen LogP contribution in [0.5, 0.6) is 5.75 Å². The molecule has 0 bridgehead atoms. The average Bonchev–Trinajstić information content (AvgIpc) is 3.06. The zero-order chi connectivity index (χ0) is 16.4. The number of aromatic amines is 1. The first kappa shape index (κ1) is 17.2. The molecule has 25 heavy (non-hydrogen) atoms. The fourth-order valence-electron chi connectivity index (χ4n) is 3.00. The van der Waals surface area contributed by atoms with Crippen molar-refractivity contribution in [2.24, 2.45) is 0 Å². The fourth-order valence-corrected chi connectivity index (χ4v) is 3.00. The van der Waals surface area contributed by atoms with Crippen LogP contribution in [0.4, 0.5) is 0 Å². The van der Waals surface area contributed by atoms with Crippen LogP contribution >= 0.6 is 0 Å². The normalized spacial score (nSPS) is 10.4. The number of nitrogens with zero attached hydrogens (tertiary/aromatic N) is 1. The Bertz CT molecular complexity index is 962. The SMILES string of the molecule is COc1ccc2[nH]cc(-c3cc[n+](Cc4ccccc4)cc3)c2c1.[Br-]. The largest absolute Gasteiger partial charge is 1.00 e. The number of ether oxygens (including phenoxy) is 1. The molecule has 0 fully saturated rings. The van der Waals surface area contributed by atoms with Gasteiger partial charge in [-0.1, -0.05) is 30.3 Å². The van der Waals surface area contributed by atoms with E-state index in [9.17, 15) is 0 Å². The molecular weight excluding hydrogens is 376 g/mol. The minimum atomic E-state index is 0. The number of halogens is 1. The zero-order valence-electron chi connectivity index (χ0n) is 13.9. The van der Waals surface area contributed by atoms with E-state index in [1.54, 1.807) is 7.11 Å². The molecule has 0 aliphatic rings. The number of hydrogen-bond acceptors (Lipinski definition) is 1. The molecule has 0 spiro atoms. The van der Waals surface area contributed by atoms with Gasteiger partial charge in [0.15, 0.2) is 18.9 Å². The number of aromatic nitrogens is 2. The maximum Gasteiger partial charge on any atom is 0.173 e. The molecular formula is C21H19BrN2O. The lowest BCUT2D eigenvalue weighted by molar-refractivity contribution is -0.688. The Morgan fingerprint density at radius 3 is 2.44 bits per heavy atom. The van der Waals surface area contributed by atoms with Crippen molar-refractivity contribution in [3.63, 3.8) is 0 Å². The van der Waals surface area contributed by atoms with Crippen LogP contribution in [0.3, 0.4) is 0 Å². The Hall–Kier alpha value is -2.59. The molecule has 0 aliphatic heterocycles. The second-order valence-corrected chi connectivity index (χ2v) is 5.86. The van der Waals surface area contributed by atoms with Crippen molar-refractivity contribution in [2.75, 3.05) is 7.11 Å². The highest BCUT2D eigenvalue weighted by molar-refractivity contribution is 5.96. The second kappa shape index (κ2) is 7.53. The molecule has 0 unspecified atom stereocenters. The first-order valence-corrected chi connectivity index (χ1v) is 8.02. The summed E-state index contributed by atoms with van der Waals surface area (Å²) in [5.74, 6) is 0.874. The summed E-state index contributed by atoms with van der Waals surface area (Å²) < 4.78 is 7.54. The summed E-state index contributed by atoms with van der Waals surface area (Å²) in [6.07, 6.45) is 6.31. The maximum atomic E-state index is 5.35. The number of pyridine rings is 1. The number of nitrogens with one attached hydrogen (secondary N) is 1. The van der Waals surface area contributed by atoms with Crippen LogP contribution in [0.25, 0.3) is 22.0 Å².